The Morgan fingerprint density at radius 3 is 1.43 bits per heavy atom. The van der Waals surface area contributed by atoms with Gasteiger partial charge in [0.15, 0.2) is 0 Å². The van der Waals surface area contributed by atoms with E-state index in [0.717, 1.165) is 68.1 Å². The molecule has 0 aliphatic rings. The van der Waals surface area contributed by atoms with Crippen molar-refractivity contribution in [1.29, 1.82) is 0 Å². The number of hydrogen-bond donors (Lipinski definition) is 2. The second-order valence-electron chi connectivity index (χ2n) is 8.88. The van der Waals surface area contributed by atoms with E-state index in [1.807, 2.05) is 74.5 Å². The van der Waals surface area contributed by atoms with Crippen LogP contribution < -0.4 is 10.6 Å². The zero-order valence-corrected chi connectivity index (χ0v) is 19.6. The number of aryl methyl sites for hydroxylation is 2. The molecule has 2 N–H and O–H groups in total. The van der Waals surface area contributed by atoms with Crippen molar-refractivity contribution >= 4 is 34.8 Å². The first-order valence-corrected chi connectivity index (χ1v) is 11.6. The summed E-state index contributed by atoms with van der Waals surface area (Å²) in [6.07, 6.45) is 1.47. The van der Waals surface area contributed by atoms with Gasteiger partial charge in [0.25, 0.3) is 0 Å². The van der Waals surface area contributed by atoms with Crippen molar-refractivity contribution in [2.24, 2.45) is 0 Å². The van der Waals surface area contributed by atoms with E-state index in [-0.39, 0.29) is 12.1 Å². The summed E-state index contributed by atoms with van der Waals surface area (Å²) in [7, 11) is 0. The highest BCUT2D eigenvalue weighted by molar-refractivity contribution is 6.05. The topological polar surface area (TPSA) is 71.3 Å². The van der Waals surface area contributed by atoms with Crippen molar-refractivity contribution in [3.8, 4) is 0 Å². The predicted octanol–water partition coefficient (Wildman–Crippen LogP) is 5.87. The van der Waals surface area contributed by atoms with E-state index in [1.54, 1.807) is 0 Å². The quantitative estimate of drug-likeness (QED) is 0.283. The molecule has 5 heteroatoms. The van der Waals surface area contributed by atoms with Crippen LogP contribution in [0.1, 0.15) is 45.5 Å². The Kier molecular flexibility index (Phi) is 6.06. The number of rotatable bonds is 8. The normalized spacial score (nSPS) is 12.9. The summed E-state index contributed by atoms with van der Waals surface area (Å²) >= 11 is 0. The van der Waals surface area contributed by atoms with Gasteiger partial charge in [0, 0.05) is 10.8 Å². The van der Waals surface area contributed by atoms with Crippen molar-refractivity contribution in [3.05, 3.63) is 118 Å². The van der Waals surface area contributed by atoms with Crippen LogP contribution in [0, 0.1) is 13.8 Å². The van der Waals surface area contributed by atoms with E-state index < -0.39 is 0 Å². The van der Waals surface area contributed by atoms with E-state index in [2.05, 4.69) is 34.9 Å². The molecule has 0 spiro atoms. The maximum Gasteiger partial charge on any atom is 0.207 e. The van der Waals surface area contributed by atoms with Crippen molar-refractivity contribution in [2.75, 3.05) is 0 Å². The van der Waals surface area contributed by atoms with Crippen molar-refractivity contribution in [1.82, 2.24) is 10.6 Å². The zero-order valence-electron chi connectivity index (χ0n) is 19.6. The predicted molar refractivity (Wildman–Crippen MR) is 138 cm³/mol. The molecule has 1 heterocycles. The molecule has 5 nitrogen and oxygen atoms in total. The van der Waals surface area contributed by atoms with Gasteiger partial charge >= 0.3 is 0 Å². The van der Waals surface area contributed by atoms with Crippen LogP contribution in [-0.2, 0) is 9.59 Å². The Morgan fingerprint density at radius 1 is 0.600 bits per heavy atom. The van der Waals surface area contributed by atoms with Crippen LogP contribution in [0.2, 0.25) is 0 Å². The number of furan rings is 1. The summed E-state index contributed by atoms with van der Waals surface area (Å²) in [6, 6.07) is 27.7. The summed E-state index contributed by atoms with van der Waals surface area (Å²) in [4.78, 5) is 22.9. The third-order valence-electron chi connectivity index (χ3n) is 6.40. The first-order valence-electron chi connectivity index (χ1n) is 11.6. The molecule has 0 radical (unpaired) electrons. The van der Waals surface area contributed by atoms with Gasteiger partial charge in [-0.2, -0.15) is 0 Å². The number of carbonyl (C=O) groups is 2. The minimum absolute atomic E-state index is 0.276. The molecule has 0 bridgehead atoms. The lowest BCUT2D eigenvalue weighted by atomic mass is 9.94. The molecule has 5 rings (SSSR count). The third kappa shape index (κ3) is 4.41. The van der Waals surface area contributed by atoms with Crippen LogP contribution in [0.5, 0.6) is 0 Å². The molecule has 0 aliphatic carbocycles. The van der Waals surface area contributed by atoms with Crippen molar-refractivity contribution < 1.29 is 14.0 Å². The van der Waals surface area contributed by atoms with Crippen LogP contribution >= 0.6 is 0 Å². The molecule has 35 heavy (non-hydrogen) atoms. The largest absolute Gasteiger partial charge is 0.456 e. The summed E-state index contributed by atoms with van der Waals surface area (Å²) in [6.45, 7) is 4.07. The maximum atomic E-state index is 11.4. The summed E-state index contributed by atoms with van der Waals surface area (Å²) < 4.78 is 6.11. The smallest absolute Gasteiger partial charge is 0.207 e. The maximum absolute atomic E-state index is 11.4. The number of carbonyl (C=O) groups excluding carboxylic acids is 2. The Bertz CT molecular complexity index is 1420. The van der Waals surface area contributed by atoms with Gasteiger partial charge in [-0.25, -0.2) is 0 Å². The lowest BCUT2D eigenvalue weighted by Crippen LogP contribution is -2.20. The number of hydrogen-bond acceptors (Lipinski definition) is 3. The molecular weight excluding hydrogens is 436 g/mol. The van der Waals surface area contributed by atoms with Crippen LogP contribution in [-0.4, -0.2) is 12.8 Å². The molecule has 0 saturated carbocycles. The van der Waals surface area contributed by atoms with Gasteiger partial charge in [-0.15, -0.1) is 0 Å². The van der Waals surface area contributed by atoms with Crippen LogP contribution in [0.25, 0.3) is 21.9 Å². The highest BCUT2D eigenvalue weighted by Crippen LogP contribution is 2.35. The first kappa shape index (κ1) is 22.4. The lowest BCUT2D eigenvalue weighted by Gasteiger charge is -2.18. The van der Waals surface area contributed by atoms with Crippen LogP contribution in [0.4, 0.5) is 0 Å². The molecule has 4 aromatic carbocycles. The Balaban J connectivity index is 1.63. The molecule has 1 aromatic heterocycles. The van der Waals surface area contributed by atoms with E-state index in [9.17, 15) is 9.59 Å². The fraction of sp³-hybridized carbons (Fsp3) is 0.133. The Morgan fingerprint density at radius 2 is 1.03 bits per heavy atom. The summed E-state index contributed by atoms with van der Waals surface area (Å²) in [5.41, 5.74) is 7.75. The number of nitrogens with one attached hydrogen (secondary N) is 2. The van der Waals surface area contributed by atoms with Gasteiger partial charge in [-0.05, 0) is 60.4 Å². The van der Waals surface area contributed by atoms with Crippen molar-refractivity contribution in [2.45, 2.75) is 25.9 Å². The average Bonchev–Trinajstić information content (AvgIpc) is 3.23. The minimum atomic E-state index is -0.276. The van der Waals surface area contributed by atoms with E-state index in [4.69, 9.17) is 4.42 Å². The van der Waals surface area contributed by atoms with Gasteiger partial charge in [0.05, 0.1) is 12.1 Å². The molecule has 0 saturated heterocycles. The highest BCUT2D eigenvalue weighted by atomic mass is 16.3. The fourth-order valence-corrected chi connectivity index (χ4v) is 4.78. The van der Waals surface area contributed by atoms with E-state index >= 15 is 0 Å². The van der Waals surface area contributed by atoms with Crippen molar-refractivity contribution in [3.63, 3.8) is 0 Å². The summed E-state index contributed by atoms with van der Waals surface area (Å²) in [5.74, 6) is 0. The Labute approximate surface area is 203 Å². The lowest BCUT2D eigenvalue weighted by molar-refractivity contribution is -0.110. The molecule has 174 valence electrons. The van der Waals surface area contributed by atoms with Gasteiger partial charge < -0.3 is 15.1 Å². The van der Waals surface area contributed by atoms with Gasteiger partial charge in [0.2, 0.25) is 12.8 Å². The zero-order chi connectivity index (χ0) is 24.4. The second-order valence-corrected chi connectivity index (χ2v) is 8.88. The molecule has 0 aliphatic heterocycles. The van der Waals surface area contributed by atoms with E-state index in [1.165, 1.54) is 0 Å². The van der Waals surface area contributed by atoms with Crippen LogP contribution in [0.3, 0.4) is 0 Å². The SMILES string of the molecule is Cc1cccc(C(NC=O)c2ccc3oc4ccc(C(NC=O)c5cccc(C)c5)cc4c3c2)c1. The van der Waals surface area contributed by atoms with Gasteiger partial charge in [-0.3, -0.25) is 9.59 Å². The second kappa shape index (κ2) is 9.47. The minimum Gasteiger partial charge on any atom is -0.456 e. The summed E-state index contributed by atoms with van der Waals surface area (Å²) in [5, 5.41) is 7.84. The average molecular weight is 463 g/mol. The molecule has 2 amide bonds. The first-order chi connectivity index (χ1) is 17.1. The molecule has 5 aromatic rings. The molecule has 2 unspecified atom stereocenters. The number of amides is 2. The van der Waals surface area contributed by atoms with Gasteiger partial charge in [-0.1, -0.05) is 71.8 Å². The molecule has 2 atom stereocenters. The third-order valence-corrected chi connectivity index (χ3v) is 6.40. The molecular formula is C30H26N2O3. The van der Waals surface area contributed by atoms with Crippen LogP contribution in [0.15, 0.2) is 89.3 Å². The Hall–Kier alpha value is -4.38. The number of benzene rings is 4. The fourth-order valence-electron chi connectivity index (χ4n) is 4.78. The number of fused-ring (bicyclic) bond motifs is 3. The molecule has 0 fully saturated rings. The van der Waals surface area contributed by atoms with E-state index in [0.29, 0.717) is 0 Å². The monoisotopic (exact) mass is 462 g/mol. The highest BCUT2D eigenvalue weighted by Gasteiger charge is 2.18. The van der Waals surface area contributed by atoms with Gasteiger partial charge in [0.1, 0.15) is 11.2 Å². The standard InChI is InChI=1S/C30H26N2O3/c1-19-5-3-7-21(13-19)29(31-17-33)23-9-11-27-25(15-23)26-16-24(10-12-28(26)35-27)30(32-18-34)22-8-4-6-20(2)14-22/h3-18,29-30H,1-2H3,(H,31,33)(H,32,34).